The number of carbonyl (C=O) groups is 1. The van der Waals surface area contributed by atoms with Crippen LogP contribution in [-0.4, -0.2) is 36.6 Å². The van der Waals surface area contributed by atoms with Crippen molar-refractivity contribution in [2.24, 2.45) is 0 Å². The van der Waals surface area contributed by atoms with Crippen molar-refractivity contribution in [3.8, 4) is 11.5 Å². The van der Waals surface area contributed by atoms with Crippen molar-refractivity contribution in [3.63, 3.8) is 0 Å². The van der Waals surface area contributed by atoms with Crippen molar-refractivity contribution in [1.29, 1.82) is 0 Å². The van der Waals surface area contributed by atoms with Crippen molar-refractivity contribution in [2.45, 2.75) is 58.4 Å². The van der Waals surface area contributed by atoms with Crippen LogP contribution in [-0.2, 0) is 4.79 Å². The Morgan fingerprint density at radius 2 is 1.65 bits per heavy atom. The fourth-order valence-corrected chi connectivity index (χ4v) is 3.11. The molecule has 1 aliphatic rings. The van der Waals surface area contributed by atoms with Crippen LogP contribution in [0.25, 0.3) is 0 Å². The SMILES string of the molecule is CCCOc1ccc(OCC(=O)N(CC)C2CCCCC2)cc1. The van der Waals surface area contributed by atoms with E-state index in [2.05, 4.69) is 6.92 Å². The van der Waals surface area contributed by atoms with Crippen LogP contribution in [0.15, 0.2) is 24.3 Å². The summed E-state index contributed by atoms with van der Waals surface area (Å²) in [5.41, 5.74) is 0. The van der Waals surface area contributed by atoms with Gasteiger partial charge in [-0.15, -0.1) is 0 Å². The number of ether oxygens (including phenoxy) is 2. The average molecular weight is 319 g/mol. The summed E-state index contributed by atoms with van der Waals surface area (Å²) in [6, 6.07) is 7.88. The molecule has 23 heavy (non-hydrogen) atoms. The van der Waals surface area contributed by atoms with E-state index in [-0.39, 0.29) is 12.5 Å². The van der Waals surface area contributed by atoms with Gasteiger partial charge in [0, 0.05) is 12.6 Å². The van der Waals surface area contributed by atoms with Gasteiger partial charge in [0.05, 0.1) is 6.61 Å². The monoisotopic (exact) mass is 319 g/mol. The van der Waals surface area contributed by atoms with Gasteiger partial charge >= 0.3 is 0 Å². The normalized spacial score (nSPS) is 15.2. The molecule has 4 nitrogen and oxygen atoms in total. The molecule has 1 saturated carbocycles. The lowest BCUT2D eigenvalue weighted by Crippen LogP contribution is -2.43. The first-order chi connectivity index (χ1) is 11.2. The van der Waals surface area contributed by atoms with Gasteiger partial charge in [-0.25, -0.2) is 0 Å². The molecule has 128 valence electrons. The van der Waals surface area contributed by atoms with Crippen molar-refractivity contribution in [1.82, 2.24) is 4.90 Å². The Labute approximate surface area is 139 Å². The zero-order chi connectivity index (χ0) is 16.5. The van der Waals surface area contributed by atoms with Crippen LogP contribution < -0.4 is 9.47 Å². The Morgan fingerprint density at radius 3 is 2.22 bits per heavy atom. The maximum absolute atomic E-state index is 12.4. The molecule has 1 aromatic carbocycles. The van der Waals surface area contributed by atoms with E-state index < -0.39 is 0 Å². The minimum Gasteiger partial charge on any atom is -0.494 e. The Kier molecular flexibility index (Phi) is 7.24. The van der Waals surface area contributed by atoms with Gasteiger partial charge in [-0.1, -0.05) is 26.2 Å². The van der Waals surface area contributed by atoms with E-state index in [0.717, 1.165) is 31.6 Å². The summed E-state index contributed by atoms with van der Waals surface area (Å²) in [5.74, 6) is 1.63. The first-order valence-corrected chi connectivity index (χ1v) is 8.89. The molecule has 0 saturated heterocycles. The third-order valence-electron chi connectivity index (χ3n) is 4.34. The first-order valence-electron chi connectivity index (χ1n) is 8.89. The predicted molar refractivity (Wildman–Crippen MR) is 92.0 cm³/mol. The fraction of sp³-hybridized carbons (Fsp3) is 0.632. The maximum Gasteiger partial charge on any atom is 0.260 e. The molecule has 1 amide bonds. The number of nitrogens with zero attached hydrogens (tertiary/aromatic N) is 1. The summed E-state index contributed by atoms with van der Waals surface area (Å²) < 4.78 is 11.2. The van der Waals surface area contributed by atoms with Gasteiger partial charge in [0.25, 0.3) is 5.91 Å². The second-order valence-electron chi connectivity index (χ2n) is 6.08. The van der Waals surface area contributed by atoms with Gasteiger partial charge in [0.1, 0.15) is 11.5 Å². The molecule has 0 unspecified atom stereocenters. The Hall–Kier alpha value is -1.71. The Bertz CT molecular complexity index is 466. The molecule has 0 spiro atoms. The van der Waals surface area contributed by atoms with Crippen molar-refractivity contribution >= 4 is 5.91 Å². The van der Waals surface area contributed by atoms with Crippen LogP contribution >= 0.6 is 0 Å². The molecule has 2 rings (SSSR count). The molecule has 1 fully saturated rings. The molecule has 1 aromatic rings. The summed E-state index contributed by atoms with van der Waals surface area (Å²) >= 11 is 0. The summed E-state index contributed by atoms with van der Waals surface area (Å²) in [5, 5.41) is 0. The quantitative estimate of drug-likeness (QED) is 0.726. The maximum atomic E-state index is 12.4. The molecule has 0 heterocycles. The van der Waals surface area contributed by atoms with Gasteiger partial charge in [0.2, 0.25) is 0 Å². The van der Waals surface area contributed by atoms with Gasteiger partial charge in [-0.2, -0.15) is 0 Å². The van der Waals surface area contributed by atoms with Crippen LogP contribution in [0.3, 0.4) is 0 Å². The molecule has 0 atom stereocenters. The highest BCUT2D eigenvalue weighted by atomic mass is 16.5. The number of hydrogen-bond donors (Lipinski definition) is 0. The third kappa shape index (κ3) is 5.45. The van der Waals surface area contributed by atoms with Crippen LogP contribution in [0.5, 0.6) is 11.5 Å². The average Bonchev–Trinajstić information content (AvgIpc) is 2.60. The lowest BCUT2D eigenvalue weighted by atomic mass is 9.94. The number of carbonyl (C=O) groups excluding carboxylic acids is 1. The molecular formula is C19H29NO3. The van der Waals surface area contributed by atoms with Crippen LogP contribution in [0.4, 0.5) is 0 Å². The molecule has 0 aliphatic heterocycles. The number of hydrogen-bond acceptors (Lipinski definition) is 3. The van der Waals surface area contributed by atoms with E-state index >= 15 is 0 Å². The first kappa shape index (κ1) is 17.6. The molecule has 0 aromatic heterocycles. The third-order valence-corrected chi connectivity index (χ3v) is 4.34. The topological polar surface area (TPSA) is 38.8 Å². The summed E-state index contributed by atoms with van der Waals surface area (Å²) in [4.78, 5) is 14.4. The van der Waals surface area contributed by atoms with E-state index in [9.17, 15) is 4.79 Å². The van der Waals surface area contributed by atoms with E-state index in [1.165, 1.54) is 19.3 Å². The number of amides is 1. The van der Waals surface area contributed by atoms with Crippen molar-refractivity contribution in [3.05, 3.63) is 24.3 Å². The van der Waals surface area contributed by atoms with E-state index in [1.807, 2.05) is 36.1 Å². The van der Waals surface area contributed by atoms with Gasteiger partial charge in [-0.3, -0.25) is 4.79 Å². The Balaban J connectivity index is 1.82. The smallest absolute Gasteiger partial charge is 0.260 e. The van der Waals surface area contributed by atoms with E-state index in [4.69, 9.17) is 9.47 Å². The highest BCUT2D eigenvalue weighted by Crippen LogP contribution is 2.23. The highest BCUT2D eigenvalue weighted by molar-refractivity contribution is 5.78. The molecule has 0 bridgehead atoms. The summed E-state index contributed by atoms with van der Waals surface area (Å²) in [6.45, 7) is 5.71. The minimum atomic E-state index is 0.0886. The number of rotatable bonds is 8. The van der Waals surface area contributed by atoms with E-state index in [1.54, 1.807) is 0 Å². The van der Waals surface area contributed by atoms with Crippen LogP contribution in [0.2, 0.25) is 0 Å². The second kappa shape index (κ2) is 9.43. The Morgan fingerprint density at radius 1 is 1.04 bits per heavy atom. The van der Waals surface area contributed by atoms with Crippen molar-refractivity contribution in [2.75, 3.05) is 19.8 Å². The molecular weight excluding hydrogens is 290 g/mol. The zero-order valence-electron chi connectivity index (χ0n) is 14.4. The summed E-state index contributed by atoms with van der Waals surface area (Å²) in [7, 11) is 0. The fourth-order valence-electron chi connectivity index (χ4n) is 3.11. The van der Waals surface area contributed by atoms with Gasteiger partial charge < -0.3 is 14.4 Å². The molecule has 4 heteroatoms. The second-order valence-corrected chi connectivity index (χ2v) is 6.08. The predicted octanol–water partition coefficient (Wildman–Crippen LogP) is 4.04. The lowest BCUT2D eigenvalue weighted by molar-refractivity contribution is -0.136. The number of benzene rings is 1. The van der Waals surface area contributed by atoms with Crippen LogP contribution in [0.1, 0.15) is 52.4 Å². The molecule has 1 aliphatic carbocycles. The van der Waals surface area contributed by atoms with Crippen molar-refractivity contribution < 1.29 is 14.3 Å². The summed E-state index contributed by atoms with van der Waals surface area (Å²) in [6.07, 6.45) is 7.00. The minimum absolute atomic E-state index is 0.0886. The zero-order valence-corrected chi connectivity index (χ0v) is 14.4. The standard InChI is InChI=1S/C19H29NO3/c1-3-14-22-17-10-12-18(13-11-17)23-15-19(21)20(4-2)16-8-6-5-7-9-16/h10-13,16H,3-9,14-15H2,1-2H3. The van der Waals surface area contributed by atoms with Gasteiger partial charge in [0.15, 0.2) is 6.61 Å². The van der Waals surface area contributed by atoms with E-state index in [0.29, 0.717) is 18.4 Å². The number of likely N-dealkylation sites (N-methyl/N-ethyl adjacent to an activating group) is 1. The largest absolute Gasteiger partial charge is 0.494 e. The highest BCUT2D eigenvalue weighted by Gasteiger charge is 2.24. The molecule has 0 radical (unpaired) electrons. The lowest BCUT2D eigenvalue weighted by Gasteiger charge is -2.33. The molecule has 0 N–H and O–H groups in total. The van der Waals surface area contributed by atoms with Gasteiger partial charge in [-0.05, 0) is 50.5 Å². The van der Waals surface area contributed by atoms with Crippen LogP contribution in [0, 0.1) is 0 Å².